The lowest BCUT2D eigenvalue weighted by atomic mass is 10.0. The number of anilines is 2. The Bertz CT molecular complexity index is 1250. The minimum atomic E-state index is -0.889. The molecule has 0 fully saturated rings. The number of carbonyl (C=O) groups is 1. The molecule has 1 amide bonds. The number of amides is 1. The molecule has 3 N–H and O–H groups in total. The Kier molecular flexibility index (Phi) is 8.49. The number of ether oxygens (including phenoxy) is 1. The average Bonchev–Trinajstić information content (AvgIpc) is 3.32. The first-order valence-corrected chi connectivity index (χ1v) is 12.6. The van der Waals surface area contributed by atoms with Gasteiger partial charge in [-0.25, -0.2) is 9.97 Å². The van der Waals surface area contributed by atoms with Crippen LogP contribution in [0.2, 0.25) is 0 Å². The van der Waals surface area contributed by atoms with Crippen LogP contribution in [0, 0.1) is 6.92 Å². The Morgan fingerprint density at radius 3 is 2.66 bits per heavy atom. The largest absolute Gasteiger partial charge is 0.386 e. The molecule has 4 rings (SSSR count). The number of hydrogen-bond acceptors (Lipinski definition) is 8. The van der Waals surface area contributed by atoms with Gasteiger partial charge in [-0.1, -0.05) is 65.6 Å². The maximum absolute atomic E-state index is 13.2. The van der Waals surface area contributed by atoms with Gasteiger partial charge in [0, 0.05) is 23.8 Å². The number of thiazole rings is 1. The second kappa shape index (κ2) is 11.9. The van der Waals surface area contributed by atoms with Gasteiger partial charge in [0.15, 0.2) is 5.13 Å². The topological polar surface area (TPSA) is 96.4 Å². The predicted octanol–water partition coefficient (Wildman–Crippen LogP) is 5.22. The number of carbonyl (C=O) groups excluding carboxylic acids is 1. The lowest BCUT2D eigenvalue weighted by Crippen LogP contribution is -2.42. The van der Waals surface area contributed by atoms with Crippen LogP contribution in [0.15, 0.2) is 88.2 Å². The highest BCUT2D eigenvalue weighted by molar-refractivity contribution is 8.01. The fraction of sp³-hybridized carbons (Fsp3) is 0.192. The molecule has 0 saturated heterocycles. The third-order valence-electron chi connectivity index (χ3n) is 5.24. The van der Waals surface area contributed by atoms with Crippen molar-refractivity contribution >= 4 is 40.0 Å². The van der Waals surface area contributed by atoms with E-state index in [2.05, 4.69) is 20.6 Å². The number of aryl methyl sites for hydroxylation is 1. The van der Waals surface area contributed by atoms with Crippen molar-refractivity contribution in [2.24, 2.45) is 0 Å². The molecule has 0 aliphatic rings. The van der Waals surface area contributed by atoms with Gasteiger partial charge in [0.1, 0.15) is 11.9 Å². The zero-order valence-electron chi connectivity index (χ0n) is 19.3. The standard InChI is InChI=1S/C26H26N4O3S2/c1-17-11-12-19(34-23-15-28-26(35-23)30-22-10-6-7-13-27-22)14-20(17)25(32)29-21(16-33-2)24(31)18-8-4-3-5-9-18/h3-15,21,24,31H,16H2,1-2H3,(H,29,32)(H,27,28,30)/t21-,24-/m0/s1. The van der Waals surface area contributed by atoms with Crippen LogP contribution in [0.25, 0.3) is 0 Å². The lowest BCUT2D eigenvalue weighted by Gasteiger charge is -2.24. The molecule has 2 aromatic carbocycles. The fourth-order valence-corrected chi connectivity index (χ4v) is 5.36. The van der Waals surface area contributed by atoms with Gasteiger partial charge >= 0.3 is 0 Å². The summed E-state index contributed by atoms with van der Waals surface area (Å²) in [5, 5.41) is 17.7. The van der Waals surface area contributed by atoms with Gasteiger partial charge in [-0.2, -0.15) is 0 Å². The first kappa shape index (κ1) is 24.9. The van der Waals surface area contributed by atoms with E-state index in [0.29, 0.717) is 5.56 Å². The lowest BCUT2D eigenvalue weighted by molar-refractivity contribution is 0.0594. The Labute approximate surface area is 212 Å². The molecule has 35 heavy (non-hydrogen) atoms. The Balaban J connectivity index is 1.46. The zero-order valence-corrected chi connectivity index (χ0v) is 21.0. The summed E-state index contributed by atoms with van der Waals surface area (Å²) in [6.07, 6.45) is 2.63. The van der Waals surface area contributed by atoms with Crippen molar-refractivity contribution in [3.05, 3.63) is 95.8 Å². The number of aliphatic hydroxyl groups is 1. The number of hydrogen-bond donors (Lipinski definition) is 3. The summed E-state index contributed by atoms with van der Waals surface area (Å²) in [7, 11) is 1.55. The quantitative estimate of drug-likeness (QED) is 0.271. The summed E-state index contributed by atoms with van der Waals surface area (Å²) in [6, 6.07) is 20.1. The Morgan fingerprint density at radius 1 is 1.11 bits per heavy atom. The summed E-state index contributed by atoms with van der Waals surface area (Å²) < 4.78 is 6.25. The number of methoxy groups -OCH3 is 1. The Morgan fingerprint density at radius 2 is 1.91 bits per heavy atom. The van der Waals surface area contributed by atoms with E-state index in [4.69, 9.17) is 4.74 Å². The monoisotopic (exact) mass is 506 g/mol. The van der Waals surface area contributed by atoms with Crippen LogP contribution in [-0.4, -0.2) is 40.7 Å². The van der Waals surface area contributed by atoms with Crippen molar-refractivity contribution in [3.63, 3.8) is 0 Å². The normalized spacial score (nSPS) is 12.7. The highest BCUT2D eigenvalue weighted by atomic mass is 32.2. The SMILES string of the molecule is COC[C@H](NC(=O)c1cc(Sc2cnc(Nc3ccccn3)s2)ccc1C)[C@@H](O)c1ccccc1. The molecule has 0 aliphatic carbocycles. The molecule has 0 bridgehead atoms. The van der Waals surface area contributed by atoms with Crippen LogP contribution in [0.3, 0.4) is 0 Å². The smallest absolute Gasteiger partial charge is 0.251 e. The summed E-state index contributed by atoms with van der Waals surface area (Å²) in [4.78, 5) is 22.8. The van der Waals surface area contributed by atoms with Gasteiger partial charge in [-0.3, -0.25) is 4.79 Å². The molecule has 0 saturated carbocycles. The molecule has 0 aliphatic heterocycles. The maximum atomic E-state index is 13.2. The minimum absolute atomic E-state index is 0.183. The fourth-order valence-electron chi connectivity index (χ4n) is 3.46. The molecular weight excluding hydrogens is 480 g/mol. The number of rotatable bonds is 10. The molecule has 2 heterocycles. The van der Waals surface area contributed by atoms with E-state index in [1.54, 1.807) is 19.5 Å². The van der Waals surface area contributed by atoms with Crippen LogP contribution in [0.4, 0.5) is 10.9 Å². The van der Waals surface area contributed by atoms with Crippen molar-refractivity contribution in [1.82, 2.24) is 15.3 Å². The summed E-state index contributed by atoms with van der Waals surface area (Å²) >= 11 is 3.04. The van der Waals surface area contributed by atoms with Crippen molar-refractivity contribution < 1.29 is 14.6 Å². The molecule has 4 aromatic rings. The number of aromatic nitrogens is 2. The van der Waals surface area contributed by atoms with E-state index in [1.807, 2.05) is 73.7 Å². The van der Waals surface area contributed by atoms with Gasteiger partial charge in [-0.05, 0) is 42.3 Å². The number of pyridine rings is 1. The molecular formula is C26H26N4O3S2. The second-order valence-electron chi connectivity index (χ2n) is 7.79. The minimum Gasteiger partial charge on any atom is -0.386 e. The number of aliphatic hydroxyl groups excluding tert-OH is 1. The van der Waals surface area contributed by atoms with Gasteiger partial charge in [0.2, 0.25) is 0 Å². The first-order valence-electron chi connectivity index (χ1n) is 11.0. The van der Waals surface area contributed by atoms with Crippen LogP contribution < -0.4 is 10.6 Å². The molecule has 0 unspecified atom stereocenters. The highest BCUT2D eigenvalue weighted by Gasteiger charge is 2.24. The van der Waals surface area contributed by atoms with Crippen LogP contribution in [0.5, 0.6) is 0 Å². The van der Waals surface area contributed by atoms with E-state index in [0.717, 1.165) is 31.2 Å². The van der Waals surface area contributed by atoms with Gasteiger partial charge in [0.05, 0.1) is 23.1 Å². The first-order chi connectivity index (χ1) is 17.0. The van der Waals surface area contributed by atoms with Crippen molar-refractivity contribution in [1.29, 1.82) is 0 Å². The zero-order chi connectivity index (χ0) is 24.6. The molecule has 0 spiro atoms. The molecule has 9 heteroatoms. The van der Waals surface area contributed by atoms with E-state index in [9.17, 15) is 9.90 Å². The molecule has 0 radical (unpaired) electrons. The van der Waals surface area contributed by atoms with Gasteiger partial charge in [0.25, 0.3) is 5.91 Å². The van der Waals surface area contributed by atoms with Crippen molar-refractivity contribution in [2.45, 2.75) is 28.2 Å². The van der Waals surface area contributed by atoms with E-state index >= 15 is 0 Å². The molecule has 2 aromatic heterocycles. The van der Waals surface area contributed by atoms with E-state index < -0.39 is 12.1 Å². The van der Waals surface area contributed by atoms with E-state index in [1.165, 1.54) is 23.1 Å². The Hall–Kier alpha value is -3.24. The second-order valence-corrected chi connectivity index (χ2v) is 10.2. The summed E-state index contributed by atoms with van der Waals surface area (Å²) in [6.45, 7) is 2.08. The maximum Gasteiger partial charge on any atom is 0.251 e. The van der Waals surface area contributed by atoms with Gasteiger partial charge < -0.3 is 20.5 Å². The van der Waals surface area contributed by atoms with Crippen LogP contribution in [0.1, 0.15) is 27.6 Å². The van der Waals surface area contributed by atoms with Gasteiger partial charge in [-0.15, -0.1) is 0 Å². The van der Waals surface area contributed by atoms with Crippen molar-refractivity contribution in [2.75, 3.05) is 19.0 Å². The predicted molar refractivity (Wildman–Crippen MR) is 139 cm³/mol. The number of benzene rings is 2. The summed E-state index contributed by atoms with van der Waals surface area (Å²) in [5.41, 5.74) is 2.11. The molecule has 7 nitrogen and oxygen atoms in total. The third kappa shape index (κ3) is 6.67. The molecule has 2 atom stereocenters. The summed E-state index contributed by atoms with van der Waals surface area (Å²) in [5.74, 6) is 0.472. The average molecular weight is 507 g/mol. The van der Waals surface area contributed by atoms with Crippen LogP contribution in [-0.2, 0) is 4.74 Å². The number of nitrogens with one attached hydrogen (secondary N) is 2. The molecule has 180 valence electrons. The number of nitrogens with zero attached hydrogens (tertiary/aromatic N) is 2. The van der Waals surface area contributed by atoms with E-state index in [-0.39, 0.29) is 12.5 Å². The van der Waals surface area contributed by atoms with Crippen molar-refractivity contribution in [3.8, 4) is 0 Å². The highest BCUT2D eigenvalue weighted by Crippen LogP contribution is 2.35. The third-order valence-corrected chi connectivity index (χ3v) is 7.25. The van der Waals surface area contributed by atoms with Crippen LogP contribution >= 0.6 is 23.1 Å².